The molecule has 1 aromatic carbocycles. The minimum absolute atomic E-state index is 0.167. The lowest BCUT2D eigenvalue weighted by molar-refractivity contribution is -0.0510. The van der Waals surface area contributed by atoms with Crippen LogP contribution < -0.4 is 5.73 Å². The average Bonchev–Trinajstić information content (AvgIpc) is 2.34. The van der Waals surface area contributed by atoms with Crippen LogP contribution in [0.3, 0.4) is 0 Å². The highest BCUT2D eigenvalue weighted by atomic mass is 19.3. The van der Waals surface area contributed by atoms with Crippen molar-refractivity contribution in [2.45, 2.75) is 43.9 Å². The van der Waals surface area contributed by atoms with Crippen LogP contribution in [-0.4, -0.2) is 12.5 Å². The van der Waals surface area contributed by atoms with E-state index in [1.807, 2.05) is 6.07 Å². The third kappa shape index (κ3) is 2.26. The number of hydrogen-bond donors (Lipinski definition) is 1. The first-order chi connectivity index (χ1) is 8.40. The molecule has 4 heteroatoms. The molecule has 1 aliphatic carbocycles. The quantitative estimate of drug-likeness (QED) is 0.861. The van der Waals surface area contributed by atoms with Crippen LogP contribution in [-0.2, 0) is 5.41 Å². The number of rotatable bonds is 2. The van der Waals surface area contributed by atoms with E-state index in [4.69, 9.17) is 5.73 Å². The lowest BCUT2D eigenvalue weighted by atomic mass is 9.67. The Hall–Kier alpha value is -1.03. The van der Waals surface area contributed by atoms with Crippen molar-refractivity contribution >= 4 is 0 Å². The van der Waals surface area contributed by atoms with Crippen molar-refractivity contribution in [3.63, 3.8) is 0 Å². The normalized spacial score (nSPS) is 21.8. The molecule has 0 unspecified atom stereocenters. The predicted molar refractivity (Wildman–Crippen MR) is 65.3 cm³/mol. The molecule has 1 aromatic rings. The van der Waals surface area contributed by atoms with Gasteiger partial charge in [0.2, 0.25) is 5.92 Å². The molecule has 1 nitrogen and oxygen atoms in total. The van der Waals surface area contributed by atoms with Crippen LogP contribution in [0.15, 0.2) is 18.2 Å². The summed E-state index contributed by atoms with van der Waals surface area (Å²) in [5.74, 6) is -2.89. The minimum atomic E-state index is -2.60. The Balaban J connectivity index is 2.37. The molecule has 0 aliphatic heterocycles. The Morgan fingerprint density at radius 2 is 1.78 bits per heavy atom. The molecule has 1 aliphatic rings. The number of benzene rings is 1. The summed E-state index contributed by atoms with van der Waals surface area (Å²) in [6, 6.07) is 4.83. The Morgan fingerprint density at radius 3 is 2.33 bits per heavy atom. The topological polar surface area (TPSA) is 26.0 Å². The van der Waals surface area contributed by atoms with Gasteiger partial charge < -0.3 is 5.73 Å². The van der Waals surface area contributed by atoms with Gasteiger partial charge in [-0.15, -0.1) is 0 Å². The molecule has 0 saturated heterocycles. The molecule has 2 N–H and O–H groups in total. The van der Waals surface area contributed by atoms with E-state index in [1.165, 1.54) is 6.07 Å². The fourth-order valence-electron chi connectivity index (χ4n) is 2.86. The maximum Gasteiger partial charge on any atom is 0.248 e. The highest BCUT2D eigenvalue weighted by molar-refractivity contribution is 5.35. The van der Waals surface area contributed by atoms with Gasteiger partial charge in [-0.25, -0.2) is 13.2 Å². The molecular formula is C14H18F3N. The van der Waals surface area contributed by atoms with Crippen LogP contribution in [0.5, 0.6) is 0 Å². The van der Waals surface area contributed by atoms with Gasteiger partial charge in [0.05, 0.1) is 0 Å². The average molecular weight is 257 g/mol. The van der Waals surface area contributed by atoms with E-state index >= 15 is 0 Å². The second-order valence-electron chi connectivity index (χ2n) is 5.25. The predicted octanol–water partition coefficient (Wildman–Crippen LogP) is 3.54. The summed E-state index contributed by atoms with van der Waals surface area (Å²) >= 11 is 0. The monoisotopic (exact) mass is 257 g/mol. The molecule has 0 bridgehead atoms. The van der Waals surface area contributed by atoms with Crippen molar-refractivity contribution in [2.75, 3.05) is 6.54 Å². The minimum Gasteiger partial charge on any atom is -0.330 e. The van der Waals surface area contributed by atoms with Crippen molar-refractivity contribution < 1.29 is 13.2 Å². The molecule has 2 rings (SSSR count). The zero-order valence-corrected chi connectivity index (χ0v) is 10.5. The third-order valence-electron chi connectivity index (χ3n) is 4.17. The van der Waals surface area contributed by atoms with Gasteiger partial charge in [-0.05, 0) is 37.0 Å². The second kappa shape index (κ2) is 4.57. The molecule has 0 spiro atoms. The van der Waals surface area contributed by atoms with Crippen LogP contribution in [0.1, 0.15) is 36.8 Å². The first-order valence-electron chi connectivity index (χ1n) is 6.24. The highest BCUT2D eigenvalue weighted by Crippen LogP contribution is 2.45. The van der Waals surface area contributed by atoms with Crippen molar-refractivity contribution in [1.82, 2.24) is 0 Å². The van der Waals surface area contributed by atoms with E-state index < -0.39 is 11.3 Å². The summed E-state index contributed by atoms with van der Waals surface area (Å²) in [6.07, 6.45) is 0.307. The van der Waals surface area contributed by atoms with Crippen molar-refractivity contribution in [3.05, 3.63) is 35.1 Å². The van der Waals surface area contributed by atoms with Crippen molar-refractivity contribution in [1.29, 1.82) is 0 Å². The van der Waals surface area contributed by atoms with Gasteiger partial charge in [0.1, 0.15) is 5.82 Å². The van der Waals surface area contributed by atoms with Crippen LogP contribution >= 0.6 is 0 Å². The number of halogens is 3. The van der Waals surface area contributed by atoms with Crippen molar-refractivity contribution in [3.8, 4) is 0 Å². The first-order valence-corrected chi connectivity index (χ1v) is 6.24. The van der Waals surface area contributed by atoms with E-state index in [1.54, 1.807) is 13.0 Å². The summed E-state index contributed by atoms with van der Waals surface area (Å²) in [4.78, 5) is 0. The molecule has 0 heterocycles. The lowest BCUT2D eigenvalue weighted by Gasteiger charge is -2.40. The summed E-state index contributed by atoms with van der Waals surface area (Å²) < 4.78 is 40.1. The lowest BCUT2D eigenvalue weighted by Crippen LogP contribution is -2.42. The zero-order chi connectivity index (χ0) is 13.4. The van der Waals surface area contributed by atoms with E-state index in [0.717, 1.165) is 5.56 Å². The first kappa shape index (κ1) is 13.4. The van der Waals surface area contributed by atoms with Crippen LogP contribution in [0.2, 0.25) is 0 Å². The van der Waals surface area contributed by atoms with E-state index in [9.17, 15) is 13.2 Å². The molecular weight excluding hydrogens is 239 g/mol. The van der Waals surface area contributed by atoms with E-state index in [2.05, 4.69) is 0 Å². The van der Waals surface area contributed by atoms with Gasteiger partial charge in [-0.2, -0.15) is 0 Å². The SMILES string of the molecule is Cc1c(F)cccc1C1(CN)CCC(F)(F)CC1. The Labute approximate surface area is 105 Å². The number of alkyl halides is 2. The van der Waals surface area contributed by atoms with Gasteiger partial charge in [-0.3, -0.25) is 0 Å². The Bertz CT molecular complexity index is 433. The van der Waals surface area contributed by atoms with Crippen LogP contribution in [0.25, 0.3) is 0 Å². The van der Waals surface area contributed by atoms with E-state index in [0.29, 0.717) is 18.4 Å². The maximum atomic E-state index is 13.6. The molecule has 0 aromatic heterocycles. The standard InChI is InChI=1S/C14H18F3N/c1-10-11(3-2-4-12(10)15)13(9-18)5-7-14(16,17)8-6-13/h2-4H,5-9,18H2,1H3. The Kier molecular flexibility index (Phi) is 3.41. The van der Waals surface area contributed by atoms with Gasteiger partial charge >= 0.3 is 0 Å². The largest absolute Gasteiger partial charge is 0.330 e. The van der Waals surface area contributed by atoms with E-state index in [-0.39, 0.29) is 25.2 Å². The maximum absolute atomic E-state index is 13.6. The van der Waals surface area contributed by atoms with Gasteiger partial charge in [-0.1, -0.05) is 12.1 Å². The summed E-state index contributed by atoms with van der Waals surface area (Å²) in [5.41, 5.74) is 6.65. The molecule has 1 saturated carbocycles. The summed E-state index contributed by atoms with van der Waals surface area (Å²) in [5, 5.41) is 0. The van der Waals surface area contributed by atoms with Gasteiger partial charge in [0, 0.05) is 24.8 Å². The third-order valence-corrected chi connectivity index (χ3v) is 4.17. The van der Waals surface area contributed by atoms with Gasteiger partial charge in [0.25, 0.3) is 0 Å². The zero-order valence-electron chi connectivity index (χ0n) is 10.5. The van der Waals surface area contributed by atoms with Crippen LogP contribution in [0, 0.1) is 12.7 Å². The van der Waals surface area contributed by atoms with Crippen molar-refractivity contribution in [2.24, 2.45) is 5.73 Å². The fraction of sp³-hybridized carbons (Fsp3) is 0.571. The molecule has 0 atom stereocenters. The summed E-state index contributed by atoms with van der Waals surface area (Å²) in [6.45, 7) is 1.97. The summed E-state index contributed by atoms with van der Waals surface area (Å²) in [7, 11) is 0. The number of hydrogen-bond acceptors (Lipinski definition) is 1. The molecule has 0 amide bonds. The molecule has 100 valence electrons. The van der Waals surface area contributed by atoms with Crippen LogP contribution in [0.4, 0.5) is 13.2 Å². The fourth-order valence-corrected chi connectivity index (χ4v) is 2.86. The highest BCUT2D eigenvalue weighted by Gasteiger charge is 2.44. The second-order valence-corrected chi connectivity index (χ2v) is 5.25. The smallest absolute Gasteiger partial charge is 0.248 e. The number of nitrogens with two attached hydrogens (primary N) is 1. The molecule has 1 fully saturated rings. The molecule has 0 radical (unpaired) electrons. The Morgan fingerprint density at radius 1 is 1.17 bits per heavy atom. The molecule has 18 heavy (non-hydrogen) atoms. The van der Waals surface area contributed by atoms with Gasteiger partial charge in [0.15, 0.2) is 0 Å².